The van der Waals surface area contributed by atoms with Crippen LogP contribution in [0.1, 0.15) is 16.1 Å². The minimum atomic E-state index is -0.959. The molecule has 1 aliphatic heterocycles. The van der Waals surface area contributed by atoms with Gasteiger partial charge in [0.2, 0.25) is 0 Å². The predicted octanol–water partition coefficient (Wildman–Crippen LogP) is 0.625. The summed E-state index contributed by atoms with van der Waals surface area (Å²) in [6, 6.07) is 3.31. The summed E-state index contributed by atoms with van der Waals surface area (Å²) < 4.78 is 10.7. The first kappa shape index (κ1) is 13.9. The van der Waals surface area contributed by atoms with Crippen LogP contribution >= 0.6 is 0 Å². The van der Waals surface area contributed by atoms with Gasteiger partial charge >= 0.3 is 5.97 Å². The number of hydrogen-bond acceptors (Lipinski definition) is 5. The Morgan fingerprint density at radius 2 is 2.00 bits per heavy atom. The van der Waals surface area contributed by atoms with Crippen molar-refractivity contribution < 1.29 is 19.4 Å². The third-order valence-electron chi connectivity index (χ3n) is 3.35. The van der Waals surface area contributed by atoms with E-state index in [0.29, 0.717) is 6.54 Å². The lowest BCUT2D eigenvalue weighted by atomic mass is 10.2. The molecule has 19 heavy (non-hydrogen) atoms. The number of likely N-dealkylation sites (tertiary alicyclic amines) is 1. The van der Waals surface area contributed by atoms with E-state index in [1.165, 1.54) is 6.20 Å². The summed E-state index contributed by atoms with van der Waals surface area (Å²) >= 11 is 0. The molecule has 0 spiro atoms. The quantitative estimate of drug-likeness (QED) is 0.842. The van der Waals surface area contributed by atoms with Crippen LogP contribution in [-0.2, 0) is 16.0 Å². The van der Waals surface area contributed by atoms with Crippen molar-refractivity contribution in [3.8, 4) is 0 Å². The van der Waals surface area contributed by atoms with Crippen LogP contribution in [-0.4, -0.2) is 60.5 Å². The molecule has 2 atom stereocenters. The van der Waals surface area contributed by atoms with Gasteiger partial charge in [0.1, 0.15) is 0 Å². The van der Waals surface area contributed by atoms with Gasteiger partial charge in [-0.1, -0.05) is 0 Å². The lowest BCUT2D eigenvalue weighted by Crippen LogP contribution is -2.27. The highest BCUT2D eigenvalue weighted by atomic mass is 16.5. The Morgan fingerprint density at radius 3 is 2.42 bits per heavy atom. The molecule has 1 aromatic heterocycles. The van der Waals surface area contributed by atoms with E-state index in [1.54, 1.807) is 26.4 Å². The van der Waals surface area contributed by atoms with E-state index in [4.69, 9.17) is 14.6 Å². The first-order chi connectivity index (χ1) is 9.13. The molecule has 0 aromatic carbocycles. The van der Waals surface area contributed by atoms with Gasteiger partial charge in [-0.05, 0) is 12.1 Å². The maximum absolute atomic E-state index is 10.7. The van der Waals surface area contributed by atoms with E-state index in [9.17, 15) is 4.79 Å². The van der Waals surface area contributed by atoms with E-state index in [2.05, 4.69) is 9.88 Å². The van der Waals surface area contributed by atoms with Gasteiger partial charge in [0.05, 0.1) is 23.5 Å². The number of ether oxygens (including phenoxy) is 2. The molecule has 6 heteroatoms. The number of nitrogens with zero attached hydrogens (tertiary/aromatic N) is 2. The second-order valence-electron chi connectivity index (χ2n) is 4.59. The summed E-state index contributed by atoms with van der Waals surface area (Å²) in [5, 5.41) is 8.81. The molecule has 104 valence electrons. The van der Waals surface area contributed by atoms with Crippen molar-refractivity contribution in [3.63, 3.8) is 0 Å². The molecular weight excluding hydrogens is 248 g/mol. The molecule has 0 aliphatic carbocycles. The van der Waals surface area contributed by atoms with Gasteiger partial charge in [0.25, 0.3) is 0 Å². The molecular formula is C13H18N2O4. The molecule has 2 rings (SSSR count). The normalized spacial score (nSPS) is 23.7. The van der Waals surface area contributed by atoms with Crippen molar-refractivity contribution in [1.82, 2.24) is 9.88 Å². The molecule has 6 nitrogen and oxygen atoms in total. The van der Waals surface area contributed by atoms with Crippen molar-refractivity contribution in [2.75, 3.05) is 27.3 Å². The fraction of sp³-hybridized carbons (Fsp3) is 0.538. The largest absolute Gasteiger partial charge is 0.478 e. The predicted molar refractivity (Wildman–Crippen MR) is 68.1 cm³/mol. The summed E-state index contributed by atoms with van der Waals surface area (Å²) in [7, 11) is 3.36. The number of carbonyl (C=O) groups is 1. The summed E-state index contributed by atoms with van der Waals surface area (Å²) in [5.41, 5.74) is 1.05. The molecule has 0 amide bonds. The fourth-order valence-corrected chi connectivity index (χ4v) is 2.27. The highest BCUT2D eigenvalue weighted by Gasteiger charge is 2.32. The molecule has 1 saturated heterocycles. The number of aromatic carboxylic acids is 1. The lowest BCUT2D eigenvalue weighted by Gasteiger charge is -2.14. The first-order valence-electron chi connectivity index (χ1n) is 6.10. The Balaban J connectivity index is 1.96. The van der Waals surface area contributed by atoms with Gasteiger partial charge in [-0.25, -0.2) is 4.79 Å². The lowest BCUT2D eigenvalue weighted by molar-refractivity contribution is -0.00461. The third kappa shape index (κ3) is 3.28. The van der Waals surface area contributed by atoms with Gasteiger partial charge in [-0.2, -0.15) is 0 Å². The van der Waals surface area contributed by atoms with Crippen molar-refractivity contribution in [2.24, 2.45) is 0 Å². The van der Waals surface area contributed by atoms with Crippen LogP contribution in [0.3, 0.4) is 0 Å². The summed E-state index contributed by atoms with van der Waals surface area (Å²) in [4.78, 5) is 17.1. The number of pyridine rings is 1. The monoisotopic (exact) mass is 266 g/mol. The number of aromatic nitrogens is 1. The minimum Gasteiger partial charge on any atom is -0.478 e. The zero-order chi connectivity index (χ0) is 13.8. The summed E-state index contributed by atoms with van der Waals surface area (Å²) in [6.45, 7) is 2.24. The Kier molecular flexibility index (Phi) is 4.47. The van der Waals surface area contributed by atoms with Gasteiger partial charge < -0.3 is 14.6 Å². The van der Waals surface area contributed by atoms with Crippen molar-refractivity contribution in [1.29, 1.82) is 0 Å². The Morgan fingerprint density at radius 1 is 1.37 bits per heavy atom. The molecule has 1 aliphatic rings. The topological polar surface area (TPSA) is 71.9 Å². The van der Waals surface area contributed by atoms with E-state index < -0.39 is 5.97 Å². The van der Waals surface area contributed by atoms with Crippen molar-refractivity contribution >= 4 is 5.97 Å². The smallest absolute Gasteiger partial charge is 0.337 e. The summed E-state index contributed by atoms with van der Waals surface area (Å²) in [6.07, 6.45) is 1.53. The van der Waals surface area contributed by atoms with Crippen LogP contribution in [0, 0.1) is 0 Å². The summed E-state index contributed by atoms with van der Waals surface area (Å²) in [5.74, 6) is -0.959. The minimum absolute atomic E-state index is 0.0725. The van der Waals surface area contributed by atoms with Crippen molar-refractivity contribution in [3.05, 3.63) is 29.6 Å². The Bertz CT molecular complexity index is 423. The second kappa shape index (κ2) is 6.10. The van der Waals surface area contributed by atoms with E-state index >= 15 is 0 Å². The molecule has 0 bridgehead atoms. The van der Waals surface area contributed by atoms with Gasteiger partial charge in [-0.3, -0.25) is 9.88 Å². The number of carboxylic acids is 1. The Labute approximate surface area is 112 Å². The standard InChI is InChI=1S/C13H18N2O4/c1-18-11-7-15(8-12(11)19-2)6-10-4-3-9(5-14-10)13(16)17/h3-5,11-12H,6-8H2,1-2H3,(H,16,17). The fourth-order valence-electron chi connectivity index (χ4n) is 2.27. The maximum Gasteiger partial charge on any atom is 0.337 e. The Hall–Kier alpha value is -1.50. The third-order valence-corrected chi connectivity index (χ3v) is 3.35. The molecule has 2 heterocycles. The van der Waals surface area contributed by atoms with Crippen molar-refractivity contribution in [2.45, 2.75) is 18.8 Å². The van der Waals surface area contributed by atoms with E-state index in [0.717, 1.165) is 18.8 Å². The first-order valence-corrected chi connectivity index (χ1v) is 6.10. The molecule has 2 unspecified atom stereocenters. The molecule has 1 N–H and O–H groups in total. The average Bonchev–Trinajstić information content (AvgIpc) is 2.81. The maximum atomic E-state index is 10.7. The second-order valence-corrected chi connectivity index (χ2v) is 4.59. The van der Waals surface area contributed by atoms with Crippen LogP contribution in [0.25, 0.3) is 0 Å². The highest BCUT2D eigenvalue weighted by Crippen LogP contribution is 2.17. The van der Waals surface area contributed by atoms with E-state index in [-0.39, 0.29) is 17.8 Å². The highest BCUT2D eigenvalue weighted by molar-refractivity contribution is 5.87. The molecule has 0 saturated carbocycles. The van der Waals surface area contributed by atoms with Crippen LogP contribution in [0.4, 0.5) is 0 Å². The van der Waals surface area contributed by atoms with Gasteiger partial charge in [-0.15, -0.1) is 0 Å². The SMILES string of the molecule is COC1CN(Cc2ccc(C(=O)O)cn2)CC1OC. The zero-order valence-electron chi connectivity index (χ0n) is 11.1. The molecule has 0 radical (unpaired) electrons. The molecule has 1 fully saturated rings. The van der Waals surface area contributed by atoms with Crippen LogP contribution in [0.5, 0.6) is 0 Å². The number of hydrogen-bond donors (Lipinski definition) is 1. The van der Waals surface area contributed by atoms with Gasteiger partial charge in [0, 0.05) is 40.1 Å². The number of methoxy groups -OCH3 is 2. The number of rotatable bonds is 5. The van der Waals surface area contributed by atoms with Crippen LogP contribution in [0.2, 0.25) is 0 Å². The molecule has 1 aromatic rings. The van der Waals surface area contributed by atoms with Gasteiger partial charge in [0.15, 0.2) is 0 Å². The zero-order valence-corrected chi connectivity index (χ0v) is 11.1. The van der Waals surface area contributed by atoms with Crippen LogP contribution in [0.15, 0.2) is 18.3 Å². The average molecular weight is 266 g/mol. The number of carboxylic acid groups (broad SMARTS) is 1. The van der Waals surface area contributed by atoms with E-state index in [1.807, 2.05) is 0 Å². The van der Waals surface area contributed by atoms with Crippen LogP contribution < -0.4 is 0 Å².